The fourth-order valence-corrected chi connectivity index (χ4v) is 4.50. The number of hydrogen-bond acceptors (Lipinski definition) is 5. The van der Waals surface area contributed by atoms with Crippen LogP contribution in [0.2, 0.25) is 0 Å². The topological polar surface area (TPSA) is 76.2 Å². The highest BCUT2D eigenvalue weighted by Gasteiger charge is 2.34. The van der Waals surface area contributed by atoms with Crippen molar-refractivity contribution in [3.8, 4) is 0 Å². The van der Waals surface area contributed by atoms with Crippen LogP contribution in [0.3, 0.4) is 0 Å². The molecule has 1 amide bonds. The zero-order valence-corrected chi connectivity index (χ0v) is 16.2. The van der Waals surface area contributed by atoms with E-state index in [0.29, 0.717) is 45.7 Å². The monoisotopic (exact) mass is 383 g/mol. The van der Waals surface area contributed by atoms with Crippen molar-refractivity contribution in [3.63, 3.8) is 0 Å². The van der Waals surface area contributed by atoms with Crippen LogP contribution in [0.4, 0.5) is 0 Å². The molecule has 0 aliphatic carbocycles. The van der Waals surface area contributed by atoms with Gasteiger partial charge in [0.05, 0.1) is 0 Å². The Morgan fingerprint density at radius 3 is 1.96 bits per heavy atom. The molecule has 2 aliphatic rings. The van der Waals surface area contributed by atoms with E-state index >= 15 is 0 Å². The lowest BCUT2D eigenvalue weighted by Crippen LogP contribution is -2.57. The molecule has 142 valence electrons. The lowest BCUT2D eigenvalue weighted by Gasteiger charge is -2.39. The van der Waals surface area contributed by atoms with Crippen LogP contribution in [0.25, 0.3) is 0 Å². The van der Waals surface area contributed by atoms with E-state index in [2.05, 4.69) is 10.2 Å². The van der Waals surface area contributed by atoms with Gasteiger partial charge >= 0.3 is 0 Å². The molecule has 2 saturated heterocycles. The Bertz CT molecular complexity index is 489. The molecule has 0 unspecified atom stereocenters. The number of piperazine rings is 2. The molecule has 0 bridgehead atoms. The molecule has 1 N–H and O–H groups in total. The predicted molar refractivity (Wildman–Crippen MR) is 96.6 cm³/mol. The third kappa shape index (κ3) is 5.53. The van der Waals surface area contributed by atoms with Crippen LogP contribution in [0.5, 0.6) is 0 Å². The quantitative estimate of drug-likeness (QED) is 0.598. The van der Waals surface area contributed by atoms with Gasteiger partial charge in [0.2, 0.25) is 5.91 Å². The number of carbonyl (C=O) groups is 1. The smallest absolute Gasteiger partial charge is 0.282 e. The lowest BCUT2D eigenvalue weighted by molar-refractivity contribution is -0.132. The summed E-state index contributed by atoms with van der Waals surface area (Å²) in [5.41, 5.74) is 0. The van der Waals surface area contributed by atoms with E-state index in [1.165, 1.54) is 4.31 Å². The maximum atomic E-state index is 12.7. The minimum atomic E-state index is -3.39. The number of amides is 1. The molecule has 0 atom stereocenters. The molecule has 0 radical (unpaired) electrons. The standard InChI is InChI=1S/C14H29N5O3S.ClH/c1-15-5-3-4-14(20)17-8-12-19(13-9-17)23(21,22)18-10-6-16(2)7-11-18;/h15H,3-13H2,1-2H3;1H. The molecular weight excluding hydrogens is 354 g/mol. The first kappa shape index (κ1) is 21.6. The highest BCUT2D eigenvalue weighted by Crippen LogP contribution is 2.15. The first-order valence-corrected chi connectivity index (χ1v) is 9.71. The van der Waals surface area contributed by atoms with Gasteiger partial charge in [-0.25, -0.2) is 0 Å². The average molecular weight is 384 g/mol. The number of likely N-dealkylation sites (N-methyl/N-ethyl adjacent to an activating group) is 1. The summed E-state index contributed by atoms with van der Waals surface area (Å²) in [7, 11) is 0.483. The Balaban J connectivity index is 0.00000288. The minimum Gasteiger partial charge on any atom is -0.340 e. The van der Waals surface area contributed by atoms with Gasteiger partial charge in [-0.3, -0.25) is 4.79 Å². The van der Waals surface area contributed by atoms with E-state index in [0.717, 1.165) is 26.1 Å². The van der Waals surface area contributed by atoms with Gasteiger partial charge in [-0.2, -0.15) is 17.0 Å². The van der Waals surface area contributed by atoms with Crippen molar-refractivity contribution in [3.05, 3.63) is 0 Å². The first-order valence-electron chi connectivity index (χ1n) is 8.31. The lowest BCUT2D eigenvalue weighted by atomic mass is 10.2. The van der Waals surface area contributed by atoms with Crippen LogP contribution in [0.1, 0.15) is 12.8 Å². The Morgan fingerprint density at radius 2 is 1.46 bits per heavy atom. The number of nitrogens with one attached hydrogen (secondary N) is 1. The Hall–Kier alpha value is -0.450. The highest BCUT2D eigenvalue weighted by atomic mass is 35.5. The normalized spacial score (nSPS) is 21.5. The first-order chi connectivity index (χ1) is 10.9. The molecule has 2 heterocycles. The molecule has 10 heteroatoms. The Morgan fingerprint density at radius 1 is 0.958 bits per heavy atom. The largest absolute Gasteiger partial charge is 0.340 e. The molecule has 2 aliphatic heterocycles. The second kappa shape index (κ2) is 9.88. The van der Waals surface area contributed by atoms with Crippen molar-refractivity contribution >= 4 is 28.5 Å². The number of carbonyl (C=O) groups excluding carboxylic acids is 1. The van der Waals surface area contributed by atoms with Crippen molar-refractivity contribution in [2.45, 2.75) is 12.8 Å². The molecule has 0 aromatic rings. The van der Waals surface area contributed by atoms with Crippen molar-refractivity contribution in [1.29, 1.82) is 0 Å². The second-order valence-corrected chi connectivity index (χ2v) is 8.13. The Labute approximate surface area is 151 Å². The fraction of sp³-hybridized carbons (Fsp3) is 0.929. The van der Waals surface area contributed by atoms with Crippen LogP contribution in [-0.2, 0) is 15.0 Å². The molecule has 8 nitrogen and oxygen atoms in total. The molecule has 2 fully saturated rings. The van der Waals surface area contributed by atoms with Gasteiger partial charge in [0.25, 0.3) is 10.2 Å². The Kier molecular flexibility index (Phi) is 8.89. The number of hydrogen-bond donors (Lipinski definition) is 1. The van der Waals surface area contributed by atoms with Crippen molar-refractivity contribution in [1.82, 2.24) is 23.7 Å². The van der Waals surface area contributed by atoms with Gasteiger partial charge in [-0.05, 0) is 27.1 Å². The van der Waals surface area contributed by atoms with Crippen LogP contribution < -0.4 is 5.32 Å². The van der Waals surface area contributed by atoms with E-state index in [-0.39, 0.29) is 18.3 Å². The summed E-state index contributed by atoms with van der Waals surface area (Å²) in [5.74, 6) is 0.122. The van der Waals surface area contributed by atoms with Crippen molar-refractivity contribution < 1.29 is 13.2 Å². The van der Waals surface area contributed by atoms with Crippen LogP contribution in [0, 0.1) is 0 Å². The molecule has 0 saturated carbocycles. The molecule has 0 aromatic heterocycles. The van der Waals surface area contributed by atoms with Gasteiger partial charge in [0.1, 0.15) is 0 Å². The molecule has 0 spiro atoms. The van der Waals surface area contributed by atoms with Gasteiger partial charge in [0, 0.05) is 58.8 Å². The van der Waals surface area contributed by atoms with E-state index < -0.39 is 10.2 Å². The van der Waals surface area contributed by atoms with Crippen LogP contribution in [0.15, 0.2) is 0 Å². The van der Waals surface area contributed by atoms with Gasteiger partial charge in [0.15, 0.2) is 0 Å². The average Bonchev–Trinajstić information content (AvgIpc) is 2.55. The van der Waals surface area contributed by atoms with Gasteiger partial charge < -0.3 is 15.1 Å². The summed E-state index contributed by atoms with van der Waals surface area (Å²) in [6.07, 6.45) is 1.33. The summed E-state index contributed by atoms with van der Waals surface area (Å²) in [5, 5.41) is 3.03. The minimum absolute atomic E-state index is 0. The summed E-state index contributed by atoms with van der Waals surface area (Å²) in [6, 6.07) is 0. The van der Waals surface area contributed by atoms with E-state index in [1.54, 1.807) is 9.21 Å². The third-order valence-corrected chi connectivity index (χ3v) is 6.56. The van der Waals surface area contributed by atoms with E-state index in [1.807, 2.05) is 14.1 Å². The molecule has 0 aromatic carbocycles. The number of nitrogens with zero attached hydrogens (tertiary/aromatic N) is 4. The zero-order chi connectivity index (χ0) is 16.9. The maximum absolute atomic E-state index is 12.7. The third-order valence-electron chi connectivity index (χ3n) is 4.52. The summed E-state index contributed by atoms with van der Waals surface area (Å²) in [4.78, 5) is 16.0. The van der Waals surface area contributed by atoms with E-state index in [4.69, 9.17) is 0 Å². The number of rotatable bonds is 6. The van der Waals surface area contributed by atoms with Crippen molar-refractivity contribution in [2.24, 2.45) is 0 Å². The van der Waals surface area contributed by atoms with Crippen molar-refractivity contribution in [2.75, 3.05) is 73.0 Å². The molecule has 24 heavy (non-hydrogen) atoms. The zero-order valence-electron chi connectivity index (χ0n) is 14.6. The van der Waals surface area contributed by atoms with Crippen LogP contribution in [-0.4, -0.2) is 106 Å². The summed E-state index contributed by atoms with van der Waals surface area (Å²) in [6.45, 7) is 5.22. The highest BCUT2D eigenvalue weighted by molar-refractivity contribution is 7.86. The van der Waals surface area contributed by atoms with Crippen LogP contribution >= 0.6 is 12.4 Å². The van der Waals surface area contributed by atoms with Gasteiger partial charge in [-0.15, -0.1) is 12.4 Å². The number of halogens is 1. The van der Waals surface area contributed by atoms with E-state index in [9.17, 15) is 13.2 Å². The maximum Gasteiger partial charge on any atom is 0.282 e. The summed E-state index contributed by atoms with van der Waals surface area (Å²) < 4.78 is 28.4. The fourth-order valence-electron chi connectivity index (χ4n) is 2.92. The summed E-state index contributed by atoms with van der Waals surface area (Å²) >= 11 is 0. The molecular formula is C14H30ClN5O3S. The SMILES string of the molecule is CNCCCC(=O)N1CCN(S(=O)(=O)N2CCN(C)CC2)CC1.Cl. The second-order valence-electron chi connectivity index (χ2n) is 6.20. The van der Waals surface area contributed by atoms with Gasteiger partial charge in [-0.1, -0.05) is 0 Å². The predicted octanol–water partition coefficient (Wildman–Crippen LogP) is -0.956. The molecule has 2 rings (SSSR count).